The van der Waals surface area contributed by atoms with Gasteiger partial charge in [-0.25, -0.2) is 4.98 Å². The minimum absolute atomic E-state index is 0. The zero-order valence-corrected chi connectivity index (χ0v) is 14.7. The Morgan fingerprint density at radius 3 is 3.00 bits per heavy atom. The molecule has 0 aliphatic carbocycles. The van der Waals surface area contributed by atoms with Crippen molar-refractivity contribution in [3.8, 4) is 5.75 Å². The molecule has 0 radical (unpaired) electrons. The Morgan fingerprint density at radius 2 is 2.22 bits per heavy atom. The number of unbranched alkanes of at least 4 members (excludes halogenated alkanes) is 1. The predicted molar refractivity (Wildman–Crippen MR) is 95.0 cm³/mol. The maximum atomic E-state index is 5.86. The van der Waals surface area contributed by atoms with Crippen LogP contribution in [0, 0.1) is 0 Å². The van der Waals surface area contributed by atoms with Crippen LogP contribution in [0.15, 0.2) is 6.07 Å². The second-order valence-electron chi connectivity index (χ2n) is 6.12. The Labute approximate surface area is 144 Å². The van der Waals surface area contributed by atoms with Gasteiger partial charge < -0.3 is 20.1 Å². The lowest BCUT2D eigenvalue weighted by molar-refractivity contribution is 0.0645. The summed E-state index contributed by atoms with van der Waals surface area (Å²) in [5.74, 6) is 2.01. The van der Waals surface area contributed by atoms with E-state index in [1.54, 1.807) is 7.11 Å². The van der Waals surface area contributed by atoms with Gasteiger partial charge in [0.05, 0.1) is 13.2 Å². The van der Waals surface area contributed by atoms with Crippen molar-refractivity contribution in [2.75, 3.05) is 38.7 Å². The van der Waals surface area contributed by atoms with Crippen molar-refractivity contribution in [1.29, 1.82) is 0 Å². The zero-order valence-electron chi connectivity index (χ0n) is 13.9. The first-order valence-corrected chi connectivity index (χ1v) is 8.50. The van der Waals surface area contributed by atoms with E-state index in [0.717, 1.165) is 82.0 Å². The number of ether oxygens (including phenoxy) is 2. The van der Waals surface area contributed by atoms with Crippen LogP contribution in [0.3, 0.4) is 0 Å². The summed E-state index contributed by atoms with van der Waals surface area (Å²) in [4.78, 5) is 4.76. The lowest BCUT2D eigenvalue weighted by Gasteiger charge is -2.20. The number of nitrogens with one attached hydrogen (secondary N) is 2. The molecule has 5 nitrogen and oxygen atoms in total. The summed E-state index contributed by atoms with van der Waals surface area (Å²) < 4.78 is 11.4. The van der Waals surface area contributed by atoms with Crippen LogP contribution in [0.5, 0.6) is 5.75 Å². The van der Waals surface area contributed by atoms with E-state index >= 15 is 0 Å². The van der Waals surface area contributed by atoms with Gasteiger partial charge in [0.15, 0.2) is 0 Å². The van der Waals surface area contributed by atoms with Crippen LogP contribution < -0.4 is 15.4 Å². The van der Waals surface area contributed by atoms with Gasteiger partial charge >= 0.3 is 0 Å². The van der Waals surface area contributed by atoms with E-state index in [4.69, 9.17) is 14.5 Å². The molecular weight excluding hydrogens is 314 g/mol. The molecule has 1 fully saturated rings. The van der Waals surface area contributed by atoms with E-state index in [9.17, 15) is 0 Å². The molecule has 1 aromatic rings. The number of aryl methyl sites for hydroxylation is 1. The molecular formula is C17H28ClN3O2. The molecule has 3 rings (SSSR count). The third-order valence-electron chi connectivity index (χ3n) is 4.45. The van der Waals surface area contributed by atoms with Crippen molar-refractivity contribution in [3.05, 3.63) is 17.3 Å². The Kier molecular flexibility index (Phi) is 7.40. The number of nitrogens with zero attached hydrogens (tertiary/aromatic N) is 1. The fourth-order valence-corrected chi connectivity index (χ4v) is 3.20. The molecule has 2 aliphatic heterocycles. The quantitative estimate of drug-likeness (QED) is 0.746. The zero-order chi connectivity index (χ0) is 15.2. The Balaban J connectivity index is 0.00000192. The van der Waals surface area contributed by atoms with Crippen LogP contribution in [-0.4, -0.2) is 44.4 Å². The number of fused-ring (bicyclic) bond motifs is 1. The van der Waals surface area contributed by atoms with E-state index in [1.165, 1.54) is 5.56 Å². The number of hydrogen-bond acceptors (Lipinski definition) is 5. The lowest BCUT2D eigenvalue weighted by atomic mass is 10.0. The van der Waals surface area contributed by atoms with Crippen LogP contribution in [0.4, 0.5) is 5.82 Å². The lowest BCUT2D eigenvalue weighted by Crippen LogP contribution is -2.17. The van der Waals surface area contributed by atoms with Crippen molar-refractivity contribution in [2.45, 2.75) is 44.6 Å². The van der Waals surface area contributed by atoms with Gasteiger partial charge in [-0.15, -0.1) is 12.4 Å². The number of aromatic nitrogens is 1. The molecule has 1 atom stereocenters. The van der Waals surface area contributed by atoms with Crippen LogP contribution in [-0.2, 0) is 17.6 Å². The molecule has 1 unspecified atom stereocenters. The predicted octanol–water partition coefficient (Wildman–Crippen LogP) is 2.57. The molecule has 0 saturated carbocycles. The van der Waals surface area contributed by atoms with E-state index in [1.807, 2.05) is 0 Å². The maximum Gasteiger partial charge on any atom is 0.133 e. The van der Waals surface area contributed by atoms with Crippen molar-refractivity contribution >= 4 is 18.2 Å². The largest absolute Gasteiger partial charge is 0.496 e. The highest BCUT2D eigenvalue weighted by Gasteiger charge is 2.17. The van der Waals surface area contributed by atoms with Gasteiger partial charge in [-0.1, -0.05) is 0 Å². The van der Waals surface area contributed by atoms with Crippen molar-refractivity contribution < 1.29 is 9.47 Å². The van der Waals surface area contributed by atoms with Gasteiger partial charge in [0.25, 0.3) is 0 Å². The van der Waals surface area contributed by atoms with Gasteiger partial charge in [-0.05, 0) is 45.1 Å². The van der Waals surface area contributed by atoms with Gasteiger partial charge in [-0.2, -0.15) is 0 Å². The SMILES string of the molecule is COc1cc(CCCCOC2CCNC2)nc2c1CCCN2.Cl. The highest BCUT2D eigenvalue weighted by atomic mass is 35.5. The molecule has 2 aliphatic rings. The Hall–Kier alpha value is -1.04. The number of methoxy groups -OCH3 is 1. The number of halogens is 1. The molecule has 1 saturated heterocycles. The first kappa shape index (κ1) is 18.3. The average Bonchev–Trinajstić information content (AvgIpc) is 3.07. The van der Waals surface area contributed by atoms with Crippen molar-refractivity contribution in [1.82, 2.24) is 10.3 Å². The molecule has 130 valence electrons. The molecule has 1 aromatic heterocycles. The standard InChI is InChI=1S/C17H27N3O2.ClH/c1-21-16-11-13(20-17-15(16)6-4-8-19-17)5-2-3-10-22-14-7-9-18-12-14;/h11,14,18H,2-10,12H2,1H3,(H,19,20);1H. The van der Waals surface area contributed by atoms with Crippen molar-refractivity contribution in [2.24, 2.45) is 0 Å². The monoisotopic (exact) mass is 341 g/mol. The third kappa shape index (κ3) is 4.96. The minimum Gasteiger partial charge on any atom is -0.496 e. The van der Waals surface area contributed by atoms with E-state index < -0.39 is 0 Å². The molecule has 0 aromatic carbocycles. The molecule has 0 amide bonds. The van der Waals surface area contributed by atoms with Crippen molar-refractivity contribution in [3.63, 3.8) is 0 Å². The summed E-state index contributed by atoms with van der Waals surface area (Å²) in [7, 11) is 1.75. The smallest absolute Gasteiger partial charge is 0.133 e. The summed E-state index contributed by atoms with van der Waals surface area (Å²) in [6.07, 6.45) is 6.96. The molecule has 3 heterocycles. The Morgan fingerprint density at radius 1 is 1.30 bits per heavy atom. The normalized spacial score (nSPS) is 19.6. The van der Waals surface area contributed by atoms with Gasteiger partial charge in [0, 0.05) is 37.0 Å². The molecule has 0 bridgehead atoms. The van der Waals surface area contributed by atoms with Crippen LogP contribution in [0.1, 0.15) is 36.9 Å². The number of pyridine rings is 1. The van der Waals surface area contributed by atoms with Gasteiger partial charge in [0.1, 0.15) is 11.6 Å². The molecule has 6 heteroatoms. The summed E-state index contributed by atoms with van der Waals surface area (Å²) in [5, 5.41) is 6.72. The highest BCUT2D eigenvalue weighted by Crippen LogP contribution is 2.30. The third-order valence-corrected chi connectivity index (χ3v) is 4.45. The van der Waals surface area contributed by atoms with E-state index in [0.29, 0.717) is 6.10 Å². The van der Waals surface area contributed by atoms with E-state index in [-0.39, 0.29) is 12.4 Å². The molecule has 0 spiro atoms. The van der Waals surface area contributed by atoms with E-state index in [2.05, 4.69) is 16.7 Å². The Bertz CT molecular complexity index is 476. The number of rotatable bonds is 7. The number of hydrogen-bond donors (Lipinski definition) is 2. The fourth-order valence-electron chi connectivity index (χ4n) is 3.20. The molecule has 2 N–H and O–H groups in total. The van der Waals surface area contributed by atoms with Gasteiger partial charge in [0.2, 0.25) is 0 Å². The number of anilines is 1. The summed E-state index contributed by atoms with van der Waals surface area (Å²) >= 11 is 0. The topological polar surface area (TPSA) is 55.4 Å². The average molecular weight is 342 g/mol. The van der Waals surface area contributed by atoms with Gasteiger partial charge in [-0.3, -0.25) is 0 Å². The summed E-state index contributed by atoms with van der Waals surface area (Å²) in [6, 6.07) is 2.10. The second-order valence-corrected chi connectivity index (χ2v) is 6.12. The van der Waals surface area contributed by atoms with Crippen LogP contribution >= 0.6 is 12.4 Å². The second kappa shape index (κ2) is 9.30. The summed E-state index contributed by atoms with van der Waals surface area (Å²) in [5.41, 5.74) is 2.35. The first-order valence-electron chi connectivity index (χ1n) is 8.50. The van der Waals surface area contributed by atoms with Crippen LogP contribution in [0.2, 0.25) is 0 Å². The highest BCUT2D eigenvalue weighted by molar-refractivity contribution is 5.85. The first-order chi connectivity index (χ1) is 10.9. The maximum absolute atomic E-state index is 5.86. The molecule has 23 heavy (non-hydrogen) atoms. The minimum atomic E-state index is 0. The van der Waals surface area contributed by atoms with Crippen LogP contribution in [0.25, 0.3) is 0 Å². The summed E-state index contributed by atoms with van der Waals surface area (Å²) in [6.45, 7) is 3.97. The fraction of sp³-hybridized carbons (Fsp3) is 0.706.